The molecule has 1 saturated carbocycles. The van der Waals surface area contributed by atoms with Gasteiger partial charge in [0.15, 0.2) is 0 Å². The number of piperazine rings is 1. The van der Waals surface area contributed by atoms with E-state index in [9.17, 15) is 9.59 Å². The number of aryl methyl sites for hydroxylation is 2. The summed E-state index contributed by atoms with van der Waals surface area (Å²) in [5.74, 6) is 0.810. The van der Waals surface area contributed by atoms with E-state index in [1.54, 1.807) is 0 Å². The van der Waals surface area contributed by atoms with Crippen LogP contribution in [0.2, 0.25) is 0 Å². The maximum atomic E-state index is 12.5. The molecule has 4 rings (SSSR count). The molecule has 3 heterocycles. The first kappa shape index (κ1) is 19.5. The number of likely N-dealkylation sites (N-methyl/N-ethyl adjacent to an activating group) is 1. The Labute approximate surface area is 169 Å². The number of aromatic nitrogens is 4. The smallest absolute Gasteiger partial charge is 0.254 e. The second kappa shape index (κ2) is 7.90. The topological polar surface area (TPSA) is 96.2 Å². The number of hydrogen-bond donors (Lipinski definition) is 1. The van der Waals surface area contributed by atoms with Gasteiger partial charge in [0.1, 0.15) is 6.54 Å². The minimum Gasteiger partial charge on any atom is -0.338 e. The van der Waals surface area contributed by atoms with E-state index in [2.05, 4.69) is 37.1 Å². The average Bonchev–Trinajstić information content (AvgIpc) is 3.52. The van der Waals surface area contributed by atoms with Crippen LogP contribution < -0.4 is 15.8 Å². The van der Waals surface area contributed by atoms with Crippen LogP contribution in [0.1, 0.15) is 35.8 Å². The van der Waals surface area contributed by atoms with Gasteiger partial charge >= 0.3 is 0 Å². The van der Waals surface area contributed by atoms with Crippen molar-refractivity contribution in [3.8, 4) is 0 Å². The number of amides is 1. The molecule has 1 saturated heterocycles. The summed E-state index contributed by atoms with van der Waals surface area (Å²) in [6, 6.07) is 1.54. The van der Waals surface area contributed by atoms with Crippen molar-refractivity contribution in [3.05, 3.63) is 39.8 Å². The highest BCUT2D eigenvalue weighted by atomic mass is 16.2. The molecule has 2 aliphatic rings. The fourth-order valence-corrected chi connectivity index (χ4v) is 3.52. The molecular formula is C20H27N7O2. The van der Waals surface area contributed by atoms with Gasteiger partial charge < -0.3 is 15.1 Å². The summed E-state index contributed by atoms with van der Waals surface area (Å²) in [5.41, 5.74) is 2.66. The van der Waals surface area contributed by atoms with Crippen LogP contribution in [0.5, 0.6) is 0 Å². The van der Waals surface area contributed by atoms with E-state index < -0.39 is 0 Å². The SMILES string of the molecule is Cc1nc(N2CCN(C)CC2)nc(C)c1NC(=O)Cn1cnc(C2CC2)cc1=O. The van der Waals surface area contributed by atoms with E-state index in [0.29, 0.717) is 28.9 Å². The average molecular weight is 397 g/mol. The predicted molar refractivity (Wildman–Crippen MR) is 110 cm³/mol. The summed E-state index contributed by atoms with van der Waals surface area (Å²) in [7, 11) is 2.10. The number of carbonyl (C=O) groups is 1. The van der Waals surface area contributed by atoms with Gasteiger partial charge in [0.2, 0.25) is 11.9 Å². The van der Waals surface area contributed by atoms with Gasteiger partial charge in [-0.2, -0.15) is 0 Å². The molecule has 2 fully saturated rings. The monoisotopic (exact) mass is 397 g/mol. The standard InChI is InChI=1S/C20H27N7O2/c1-13-19(14(2)23-20(22-13)26-8-6-25(3)7-9-26)24-17(28)11-27-12-21-16(10-18(27)29)15-4-5-15/h10,12,15H,4-9,11H2,1-3H3,(H,24,28). The quantitative estimate of drug-likeness (QED) is 0.801. The Kier molecular flexibility index (Phi) is 5.31. The van der Waals surface area contributed by atoms with Crippen LogP contribution in [0.3, 0.4) is 0 Å². The van der Waals surface area contributed by atoms with Gasteiger partial charge in [-0.15, -0.1) is 0 Å². The molecular weight excluding hydrogens is 370 g/mol. The molecule has 154 valence electrons. The molecule has 0 radical (unpaired) electrons. The predicted octanol–water partition coefficient (Wildman–Crippen LogP) is 0.918. The zero-order valence-corrected chi connectivity index (χ0v) is 17.2. The second-order valence-electron chi connectivity index (χ2n) is 7.96. The molecule has 1 amide bonds. The van der Waals surface area contributed by atoms with E-state index in [-0.39, 0.29) is 18.0 Å². The van der Waals surface area contributed by atoms with E-state index >= 15 is 0 Å². The molecule has 9 heteroatoms. The lowest BCUT2D eigenvalue weighted by molar-refractivity contribution is -0.116. The molecule has 2 aromatic rings. The van der Waals surface area contributed by atoms with Gasteiger partial charge in [-0.05, 0) is 33.7 Å². The third-order valence-electron chi connectivity index (χ3n) is 5.52. The summed E-state index contributed by atoms with van der Waals surface area (Å²) >= 11 is 0. The Bertz CT molecular complexity index is 952. The molecule has 0 aromatic carbocycles. The highest BCUT2D eigenvalue weighted by Crippen LogP contribution is 2.38. The van der Waals surface area contributed by atoms with Crippen molar-refractivity contribution in [1.29, 1.82) is 0 Å². The molecule has 0 unspecified atom stereocenters. The van der Waals surface area contributed by atoms with Crippen LogP contribution >= 0.6 is 0 Å². The van der Waals surface area contributed by atoms with Crippen molar-refractivity contribution >= 4 is 17.5 Å². The maximum Gasteiger partial charge on any atom is 0.254 e. The Balaban J connectivity index is 1.44. The summed E-state index contributed by atoms with van der Waals surface area (Å²) in [6.45, 7) is 7.35. The molecule has 0 atom stereocenters. The van der Waals surface area contributed by atoms with Gasteiger partial charge in [-0.3, -0.25) is 14.2 Å². The lowest BCUT2D eigenvalue weighted by atomic mass is 10.2. The molecule has 29 heavy (non-hydrogen) atoms. The van der Waals surface area contributed by atoms with E-state index in [4.69, 9.17) is 0 Å². The second-order valence-corrected chi connectivity index (χ2v) is 7.96. The molecule has 2 aromatic heterocycles. The maximum absolute atomic E-state index is 12.5. The van der Waals surface area contributed by atoms with E-state index in [1.165, 1.54) is 17.0 Å². The molecule has 0 bridgehead atoms. The Morgan fingerprint density at radius 3 is 2.38 bits per heavy atom. The highest BCUT2D eigenvalue weighted by molar-refractivity contribution is 5.91. The van der Waals surface area contributed by atoms with Crippen molar-refractivity contribution in [2.24, 2.45) is 0 Å². The number of carbonyl (C=O) groups excluding carboxylic acids is 1. The number of nitrogens with zero attached hydrogens (tertiary/aromatic N) is 6. The number of nitrogens with one attached hydrogen (secondary N) is 1. The fraction of sp³-hybridized carbons (Fsp3) is 0.550. The van der Waals surface area contributed by atoms with Gasteiger partial charge in [-0.1, -0.05) is 0 Å². The first-order chi connectivity index (χ1) is 13.9. The number of anilines is 2. The Morgan fingerprint density at radius 2 is 1.79 bits per heavy atom. The van der Waals surface area contributed by atoms with Gasteiger partial charge in [0.25, 0.3) is 5.56 Å². The van der Waals surface area contributed by atoms with Crippen LogP contribution in [0.4, 0.5) is 11.6 Å². The summed E-state index contributed by atoms with van der Waals surface area (Å²) < 4.78 is 1.32. The molecule has 1 N–H and O–H groups in total. The van der Waals surface area contributed by atoms with Crippen LogP contribution in [0.15, 0.2) is 17.2 Å². The third kappa shape index (κ3) is 4.45. The minimum atomic E-state index is -0.296. The van der Waals surface area contributed by atoms with Crippen molar-refractivity contribution in [3.63, 3.8) is 0 Å². The lowest BCUT2D eigenvalue weighted by Crippen LogP contribution is -2.45. The highest BCUT2D eigenvalue weighted by Gasteiger charge is 2.25. The van der Waals surface area contributed by atoms with Crippen molar-refractivity contribution in [2.45, 2.75) is 39.2 Å². The molecule has 1 aliphatic carbocycles. The Morgan fingerprint density at radius 1 is 1.14 bits per heavy atom. The number of hydrogen-bond acceptors (Lipinski definition) is 7. The van der Waals surface area contributed by atoms with Crippen LogP contribution in [0, 0.1) is 13.8 Å². The van der Waals surface area contributed by atoms with Crippen LogP contribution in [-0.2, 0) is 11.3 Å². The van der Waals surface area contributed by atoms with E-state index in [1.807, 2.05) is 13.8 Å². The van der Waals surface area contributed by atoms with Gasteiger partial charge in [-0.25, -0.2) is 15.0 Å². The molecule has 1 aliphatic heterocycles. The third-order valence-corrected chi connectivity index (χ3v) is 5.52. The van der Waals surface area contributed by atoms with Crippen molar-refractivity contribution in [2.75, 3.05) is 43.4 Å². The summed E-state index contributed by atoms with van der Waals surface area (Å²) in [6.07, 6.45) is 3.63. The lowest BCUT2D eigenvalue weighted by Gasteiger charge is -2.32. The summed E-state index contributed by atoms with van der Waals surface area (Å²) in [5, 5.41) is 2.86. The summed E-state index contributed by atoms with van der Waals surface area (Å²) in [4.78, 5) is 42.7. The Hall–Kier alpha value is -2.81. The van der Waals surface area contributed by atoms with Crippen LogP contribution in [0.25, 0.3) is 0 Å². The zero-order chi connectivity index (χ0) is 20.5. The molecule has 9 nitrogen and oxygen atoms in total. The van der Waals surface area contributed by atoms with E-state index in [0.717, 1.165) is 44.7 Å². The number of rotatable bonds is 5. The normalized spacial score (nSPS) is 17.4. The fourth-order valence-electron chi connectivity index (χ4n) is 3.52. The minimum absolute atomic E-state index is 0.0874. The largest absolute Gasteiger partial charge is 0.338 e. The van der Waals surface area contributed by atoms with Gasteiger partial charge in [0.05, 0.1) is 29.1 Å². The first-order valence-electron chi connectivity index (χ1n) is 10.1. The van der Waals surface area contributed by atoms with Crippen molar-refractivity contribution in [1.82, 2.24) is 24.4 Å². The van der Waals surface area contributed by atoms with Gasteiger partial charge in [0, 0.05) is 38.2 Å². The van der Waals surface area contributed by atoms with Crippen LogP contribution in [-0.4, -0.2) is 63.6 Å². The zero-order valence-electron chi connectivity index (χ0n) is 17.2. The first-order valence-corrected chi connectivity index (χ1v) is 10.1. The molecule has 0 spiro atoms. The van der Waals surface area contributed by atoms with Crippen molar-refractivity contribution < 1.29 is 4.79 Å².